The van der Waals surface area contributed by atoms with Crippen LogP contribution in [0.25, 0.3) is 0 Å². The van der Waals surface area contributed by atoms with E-state index in [-0.39, 0.29) is 16.8 Å². The third-order valence-electron chi connectivity index (χ3n) is 4.48. The van der Waals surface area contributed by atoms with Crippen LogP contribution in [-0.2, 0) is 0 Å². The number of carbonyl (C=O) groups excluding carboxylic acids is 1. The molecule has 0 saturated heterocycles. The Hall–Kier alpha value is -5.00. The zero-order valence-corrected chi connectivity index (χ0v) is 17.0. The molecular weight excluding hydrogens is 436 g/mol. The van der Waals surface area contributed by atoms with Crippen LogP contribution in [-0.4, -0.2) is 33.9 Å². The molecule has 0 atom stereocenters. The van der Waals surface area contributed by atoms with Crippen LogP contribution >= 0.6 is 0 Å². The lowest BCUT2D eigenvalue weighted by Gasteiger charge is -2.11. The Morgan fingerprint density at radius 2 is 1.48 bits per heavy atom. The van der Waals surface area contributed by atoms with Gasteiger partial charge in [-0.25, -0.2) is 4.79 Å². The number of nitrogens with one attached hydrogen (secondary N) is 2. The molecule has 0 unspecified atom stereocenters. The maximum absolute atomic E-state index is 12.6. The Labute approximate surface area is 185 Å². The molecule has 0 fully saturated rings. The summed E-state index contributed by atoms with van der Waals surface area (Å²) in [5, 5.41) is 37.4. The maximum atomic E-state index is 12.6. The quantitative estimate of drug-likeness (QED) is 0.334. The summed E-state index contributed by atoms with van der Waals surface area (Å²) in [6.45, 7) is 0. The van der Waals surface area contributed by atoms with E-state index in [4.69, 9.17) is 9.84 Å². The summed E-state index contributed by atoms with van der Waals surface area (Å²) in [6, 6.07) is 13.3. The Bertz CT molecular complexity index is 1220. The number of ether oxygens (including phenoxy) is 1. The third-order valence-corrected chi connectivity index (χ3v) is 4.48. The number of amides is 1. The van der Waals surface area contributed by atoms with Gasteiger partial charge < -0.3 is 20.5 Å². The Kier molecular flexibility index (Phi) is 6.48. The van der Waals surface area contributed by atoms with Crippen LogP contribution < -0.4 is 15.4 Å². The topological polar surface area (TPSA) is 174 Å². The minimum Gasteiger partial charge on any atom is -0.497 e. The van der Waals surface area contributed by atoms with Crippen LogP contribution in [0.4, 0.5) is 28.4 Å². The minimum atomic E-state index is -1.22. The molecule has 0 aliphatic carbocycles. The second-order valence-corrected chi connectivity index (χ2v) is 6.60. The second kappa shape index (κ2) is 9.43. The first-order chi connectivity index (χ1) is 15.7. The highest BCUT2D eigenvalue weighted by Crippen LogP contribution is 2.38. The molecular formula is C21H16N4O8. The molecule has 0 aliphatic rings. The van der Waals surface area contributed by atoms with E-state index in [1.54, 1.807) is 12.1 Å². The number of carbonyl (C=O) groups is 2. The van der Waals surface area contributed by atoms with E-state index in [9.17, 15) is 29.8 Å². The molecule has 0 bridgehead atoms. The molecule has 12 nitrogen and oxygen atoms in total. The van der Waals surface area contributed by atoms with Crippen molar-refractivity contribution in [3.8, 4) is 5.75 Å². The summed E-state index contributed by atoms with van der Waals surface area (Å²) in [5.74, 6) is -1.59. The van der Waals surface area contributed by atoms with Gasteiger partial charge in [0.1, 0.15) is 5.75 Å². The largest absolute Gasteiger partial charge is 0.497 e. The molecule has 0 saturated carbocycles. The van der Waals surface area contributed by atoms with E-state index in [1.165, 1.54) is 43.5 Å². The number of nitro benzene ring substituents is 2. The first kappa shape index (κ1) is 22.7. The van der Waals surface area contributed by atoms with Crippen molar-refractivity contribution in [2.75, 3.05) is 17.7 Å². The number of aromatic carboxylic acids is 1. The van der Waals surface area contributed by atoms with Gasteiger partial charge in [0.25, 0.3) is 5.91 Å². The zero-order valence-electron chi connectivity index (χ0n) is 17.0. The average Bonchev–Trinajstić information content (AvgIpc) is 2.79. The lowest BCUT2D eigenvalue weighted by molar-refractivity contribution is -0.392. The van der Waals surface area contributed by atoms with Crippen LogP contribution in [0, 0.1) is 20.2 Å². The fourth-order valence-electron chi connectivity index (χ4n) is 2.91. The first-order valence-electron chi connectivity index (χ1n) is 9.22. The van der Waals surface area contributed by atoms with E-state index in [1.807, 2.05) is 0 Å². The number of hydrogen-bond acceptors (Lipinski definition) is 8. The van der Waals surface area contributed by atoms with Gasteiger partial charge >= 0.3 is 17.3 Å². The zero-order chi connectivity index (χ0) is 24.1. The fourth-order valence-corrected chi connectivity index (χ4v) is 2.91. The third kappa shape index (κ3) is 5.19. The lowest BCUT2D eigenvalue weighted by Crippen LogP contribution is -2.14. The maximum Gasteiger partial charge on any atom is 0.335 e. The molecule has 3 aromatic rings. The number of benzene rings is 3. The summed E-state index contributed by atoms with van der Waals surface area (Å²) in [5.41, 5.74) is -1.80. The van der Waals surface area contributed by atoms with Crippen LogP contribution in [0.15, 0.2) is 60.7 Å². The molecule has 1 amide bonds. The van der Waals surface area contributed by atoms with Crippen molar-refractivity contribution in [2.24, 2.45) is 0 Å². The van der Waals surface area contributed by atoms with Gasteiger partial charge in [0.15, 0.2) is 5.69 Å². The van der Waals surface area contributed by atoms with Gasteiger partial charge in [-0.05, 0) is 42.5 Å². The van der Waals surface area contributed by atoms with Crippen molar-refractivity contribution in [1.29, 1.82) is 0 Å². The predicted octanol–water partition coefficient (Wildman–Crippen LogP) is 4.21. The molecule has 12 heteroatoms. The van der Waals surface area contributed by atoms with E-state index in [0.29, 0.717) is 11.4 Å². The second-order valence-electron chi connectivity index (χ2n) is 6.60. The molecule has 3 rings (SSSR count). The summed E-state index contributed by atoms with van der Waals surface area (Å²) in [7, 11) is 1.46. The smallest absolute Gasteiger partial charge is 0.335 e. The Balaban J connectivity index is 2.00. The summed E-state index contributed by atoms with van der Waals surface area (Å²) in [6.07, 6.45) is 0. The van der Waals surface area contributed by atoms with Crippen molar-refractivity contribution >= 4 is 40.3 Å². The van der Waals surface area contributed by atoms with E-state index in [2.05, 4.69) is 10.6 Å². The molecule has 0 aromatic heterocycles. The highest BCUT2D eigenvalue weighted by molar-refractivity contribution is 6.06. The number of nitrogens with zero attached hydrogens (tertiary/aromatic N) is 2. The lowest BCUT2D eigenvalue weighted by atomic mass is 10.1. The average molecular weight is 452 g/mol. The number of anilines is 3. The predicted molar refractivity (Wildman–Crippen MR) is 117 cm³/mol. The summed E-state index contributed by atoms with van der Waals surface area (Å²) < 4.78 is 5.03. The van der Waals surface area contributed by atoms with E-state index < -0.39 is 38.8 Å². The van der Waals surface area contributed by atoms with Gasteiger partial charge in [0.05, 0.1) is 28.1 Å². The van der Waals surface area contributed by atoms with Gasteiger partial charge in [-0.2, -0.15) is 0 Å². The monoisotopic (exact) mass is 452 g/mol. The van der Waals surface area contributed by atoms with Crippen molar-refractivity contribution < 1.29 is 29.3 Å². The Morgan fingerprint density at radius 1 is 0.879 bits per heavy atom. The number of rotatable bonds is 8. The number of carboxylic acids is 1. The van der Waals surface area contributed by atoms with Crippen LogP contribution in [0.5, 0.6) is 5.75 Å². The van der Waals surface area contributed by atoms with Gasteiger partial charge in [-0.3, -0.25) is 25.0 Å². The van der Waals surface area contributed by atoms with Gasteiger partial charge in [-0.15, -0.1) is 0 Å². The highest BCUT2D eigenvalue weighted by Gasteiger charge is 2.29. The van der Waals surface area contributed by atoms with Gasteiger partial charge in [0.2, 0.25) is 0 Å². The van der Waals surface area contributed by atoms with Crippen LogP contribution in [0.3, 0.4) is 0 Å². The number of nitro groups is 2. The fraction of sp³-hybridized carbons (Fsp3) is 0.0476. The van der Waals surface area contributed by atoms with E-state index in [0.717, 1.165) is 12.1 Å². The van der Waals surface area contributed by atoms with Crippen molar-refractivity contribution in [1.82, 2.24) is 0 Å². The molecule has 0 heterocycles. The van der Waals surface area contributed by atoms with Crippen LogP contribution in [0.1, 0.15) is 20.7 Å². The standard InChI is InChI=1S/C21H16N4O8/c1-33-16-7-5-14(6-8-16)22-19-17(24(29)30)10-13(11-18(19)25(31)32)20(26)23-15-4-2-3-12(9-15)21(27)28/h2-11,22H,1H3,(H,23,26)(H,27,28). The van der Waals surface area contributed by atoms with Crippen molar-refractivity contribution in [3.05, 3.63) is 92.0 Å². The normalized spacial score (nSPS) is 10.2. The Morgan fingerprint density at radius 3 is 2.00 bits per heavy atom. The van der Waals surface area contributed by atoms with Crippen molar-refractivity contribution in [3.63, 3.8) is 0 Å². The molecule has 0 radical (unpaired) electrons. The molecule has 0 aliphatic heterocycles. The first-order valence-corrected chi connectivity index (χ1v) is 9.22. The SMILES string of the molecule is COc1ccc(Nc2c([N+](=O)[O-])cc(C(=O)Nc3cccc(C(=O)O)c3)cc2[N+](=O)[O-])cc1. The van der Waals surface area contributed by atoms with Crippen molar-refractivity contribution in [2.45, 2.75) is 0 Å². The van der Waals surface area contributed by atoms with Crippen LogP contribution in [0.2, 0.25) is 0 Å². The van der Waals surface area contributed by atoms with Gasteiger partial charge in [0, 0.05) is 23.5 Å². The number of methoxy groups -OCH3 is 1. The molecule has 3 N–H and O–H groups in total. The minimum absolute atomic E-state index is 0.0937. The number of carboxylic acid groups (broad SMARTS) is 1. The summed E-state index contributed by atoms with van der Waals surface area (Å²) in [4.78, 5) is 45.4. The molecule has 0 spiro atoms. The van der Waals surface area contributed by atoms with E-state index >= 15 is 0 Å². The molecule has 168 valence electrons. The molecule has 33 heavy (non-hydrogen) atoms. The highest BCUT2D eigenvalue weighted by atomic mass is 16.6. The van der Waals surface area contributed by atoms with Gasteiger partial charge in [-0.1, -0.05) is 6.07 Å². The molecule has 3 aromatic carbocycles. The summed E-state index contributed by atoms with van der Waals surface area (Å²) >= 11 is 0. The number of hydrogen-bond donors (Lipinski definition) is 3.